The first-order valence-corrected chi connectivity index (χ1v) is 6.37. The first kappa shape index (κ1) is 14.7. The number of nitrogens with one attached hydrogen (secondary N) is 1. The number of carbonyl (C=O) groups is 1. The van der Waals surface area contributed by atoms with E-state index < -0.39 is 0 Å². The summed E-state index contributed by atoms with van der Waals surface area (Å²) >= 11 is 0. The number of carbonyl (C=O) groups excluding carboxylic acids is 1. The highest BCUT2D eigenvalue weighted by Crippen LogP contribution is 2.17. The van der Waals surface area contributed by atoms with Gasteiger partial charge in [-0.2, -0.15) is 0 Å². The number of hydrogen-bond donors (Lipinski definition) is 1. The summed E-state index contributed by atoms with van der Waals surface area (Å²) in [5, 5.41) is 3.28. The van der Waals surface area contributed by atoms with Crippen molar-refractivity contribution in [3.05, 3.63) is 0 Å². The Hall–Kier alpha value is -0.320. The molecule has 0 aromatic rings. The summed E-state index contributed by atoms with van der Waals surface area (Å²) in [5.74, 6) is 0.298. The number of nitrogens with zero attached hydrogens (tertiary/aromatic N) is 2. The van der Waals surface area contributed by atoms with Crippen LogP contribution in [-0.4, -0.2) is 61.5 Å². The maximum absolute atomic E-state index is 12.2. The zero-order valence-electron chi connectivity index (χ0n) is 10.8. The van der Waals surface area contributed by atoms with E-state index in [0.29, 0.717) is 11.9 Å². The minimum atomic E-state index is 0. The van der Waals surface area contributed by atoms with Crippen molar-refractivity contribution in [3.8, 4) is 0 Å². The predicted molar refractivity (Wildman–Crippen MR) is 71.6 cm³/mol. The molecule has 0 saturated carbocycles. The summed E-state index contributed by atoms with van der Waals surface area (Å²) in [7, 11) is 4.12. The summed E-state index contributed by atoms with van der Waals surface area (Å²) in [5.41, 5.74) is 0. The highest BCUT2D eigenvalue weighted by molar-refractivity contribution is 5.85. The molecule has 17 heavy (non-hydrogen) atoms. The summed E-state index contributed by atoms with van der Waals surface area (Å²) in [6, 6.07) is 0.538. The number of likely N-dealkylation sites (tertiary alicyclic amines) is 1. The smallest absolute Gasteiger partial charge is 0.239 e. The zero-order chi connectivity index (χ0) is 11.5. The summed E-state index contributed by atoms with van der Waals surface area (Å²) < 4.78 is 0. The van der Waals surface area contributed by atoms with Gasteiger partial charge in [0.1, 0.15) is 0 Å². The topological polar surface area (TPSA) is 35.6 Å². The average Bonchev–Trinajstić information content (AvgIpc) is 2.81. The Labute approximate surface area is 110 Å². The van der Waals surface area contributed by atoms with Gasteiger partial charge >= 0.3 is 0 Å². The van der Waals surface area contributed by atoms with E-state index >= 15 is 0 Å². The normalized spacial score (nSPS) is 26.6. The molecule has 2 aliphatic heterocycles. The molecule has 2 fully saturated rings. The number of halogens is 1. The van der Waals surface area contributed by atoms with E-state index in [1.54, 1.807) is 0 Å². The van der Waals surface area contributed by atoms with E-state index in [1.807, 2.05) is 11.9 Å². The van der Waals surface area contributed by atoms with Gasteiger partial charge in [-0.3, -0.25) is 4.79 Å². The van der Waals surface area contributed by atoms with Crippen LogP contribution < -0.4 is 5.32 Å². The third-order valence-electron chi connectivity index (χ3n) is 3.94. The number of rotatable bonds is 2. The van der Waals surface area contributed by atoms with Crippen LogP contribution in [0.25, 0.3) is 0 Å². The number of likely N-dealkylation sites (N-methyl/N-ethyl adjacent to an activating group) is 1. The van der Waals surface area contributed by atoms with E-state index in [1.165, 1.54) is 0 Å². The quantitative estimate of drug-likeness (QED) is 0.796. The van der Waals surface area contributed by atoms with Crippen molar-refractivity contribution in [1.29, 1.82) is 0 Å². The number of amides is 1. The van der Waals surface area contributed by atoms with Crippen molar-refractivity contribution in [1.82, 2.24) is 15.1 Å². The van der Waals surface area contributed by atoms with Crippen LogP contribution in [0.5, 0.6) is 0 Å². The fraction of sp³-hybridized carbons (Fsp3) is 0.917. The maximum Gasteiger partial charge on any atom is 0.239 e. The minimum Gasteiger partial charge on any atom is -0.341 e. The molecular formula is C12H24ClN3O. The third-order valence-corrected chi connectivity index (χ3v) is 3.94. The van der Waals surface area contributed by atoms with Crippen LogP contribution in [-0.2, 0) is 4.79 Å². The van der Waals surface area contributed by atoms with Gasteiger partial charge in [0.05, 0.1) is 6.04 Å². The van der Waals surface area contributed by atoms with Gasteiger partial charge in [0.25, 0.3) is 0 Å². The largest absolute Gasteiger partial charge is 0.341 e. The lowest BCUT2D eigenvalue weighted by atomic mass is 10.0. The molecule has 0 spiro atoms. The van der Waals surface area contributed by atoms with Crippen molar-refractivity contribution in [2.24, 2.45) is 0 Å². The minimum absolute atomic E-state index is 0. The molecule has 0 bridgehead atoms. The molecule has 2 saturated heterocycles. The van der Waals surface area contributed by atoms with Crippen LogP contribution >= 0.6 is 12.4 Å². The number of hydrogen-bond acceptors (Lipinski definition) is 3. The van der Waals surface area contributed by atoms with Gasteiger partial charge in [-0.25, -0.2) is 0 Å². The van der Waals surface area contributed by atoms with Crippen molar-refractivity contribution < 1.29 is 4.79 Å². The Morgan fingerprint density at radius 2 is 1.94 bits per heavy atom. The second-order valence-corrected chi connectivity index (χ2v) is 5.13. The van der Waals surface area contributed by atoms with Crippen LogP contribution in [0.2, 0.25) is 0 Å². The maximum atomic E-state index is 12.2. The van der Waals surface area contributed by atoms with Crippen LogP contribution in [0.1, 0.15) is 25.7 Å². The Morgan fingerprint density at radius 1 is 1.29 bits per heavy atom. The Kier molecular flexibility index (Phi) is 5.70. The fourth-order valence-electron chi connectivity index (χ4n) is 2.70. The van der Waals surface area contributed by atoms with Crippen LogP contribution in [0.3, 0.4) is 0 Å². The van der Waals surface area contributed by atoms with Crippen molar-refractivity contribution in [3.63, 3.8) is 0 Å². The van der Waals surface area contributed by atoms with Gasteiger partial charge in [0, 0.05) is 13.1 Å². The molecule has 0 aromatic carbocycles. The first-order chi connectivity index (χ1) is 7.68. The van der Waals surface area contributed by atoms with Gasteiger partial charge in [0.2, 0.25) is 5.91 Å². The Morgan fingerprint density at radius 3 is 2.47 bits per heavy atom. The predicted octanol–water partition coefficient (Wildman–Crippen LogP) is 0.713. The molecule has 100 valence electrons. The van der Waals surface area contributed by atoms with E-state index in [-0.39, 0.29) is 18.4 Å². The molecule has 4 nitrogen and oxygen atoms in total. The van der Waals surface area contributed by atoms with E-state index in [9.17, 15) is 4.79 Å². The first-order valence-electron chi connectivity index (χ1n) is 6.37. The molecule has 2 aliphatic rings. The standard InChI is InChI=1S/C12H23N3O.ClH/c1-14-8-5-10(6-9-14)15(2)12(16)11-4-3-7-13-11;/h10-11,13H,3-9H2,1-2H3;1H/t11-;/m0./s1. The molecule has 1 amide bonds. The molecule has 0 aromatic heterocycles. The highest BCUT2D eigenvalue weighted by atomic mass is 35.5. The Bertz CT molecular complexity index is 248. The lowest BCUT2D eigenvalue weighted by Gasteiger charge is -2.36. The summed E-state index contributed by atoms with van der Waals surface area (Å²) in [4.78, 5) is 16.5. The lowest BCUT2D eigenvalue weighted by molar-refractivity contribution is -0.134. The summed E-state index contributed by atoms with van der Waals surface area (Å²) in [6.07, 6.45) is 4.38. The SMILES string of the molecule is CN1CCC(N(C)C(=O)[C@@H]2CCCN2)CC1.Cl. The fourth-order valence-corrected chi connectivity index (χ4v) is 2.70. The molecule has 1 atom stereocenters. The van der Waals surface area contributed by atoms with Crippen molar-refractivity contribution in [2.75, 3.05) is 33.7 Å². The highest BCUT2D eigenvalue weighted by Gasteiger charge is 2.30. The molecule has 2 rings (SSSR count). The van der Waals surface area contributed by atoms with Gasteiger partial charge in [-0.1, -0.05) is 0 Å². The van der Waals surface area contributed by atoms with Gasteiger partial charge in [-0.15, -0.1) is 12.4 Å². The second kappa shape index (κ2) is 6.57. The second-order valence-electron chi connectivity index (χ2n) is 5.13. The van der Waals surface area contributed by atoms with Crippen molar-refractivity contribution >= 4 is 18.3 Å². The zero-order valence-corrected chi connectivity index (χ0v) is 11.6. The molecule has 2 heterocycles. The van der Waals surface area contributed by atoms with Crippen LogP contribution in [0.15, 0.2) is 0 Å². The number of piperidine rings is 1. The van der Waals surface area contributed by atoms with Crippen molar-refractivity contribution in [2.45, 2.75) is 37.8 Å². The van der Waals surface area contributed by atoms with E-state index in [0.717, 1.165) is 45.3 Å². The molecule has 0 aliphatic carbocycles. The molecule has 5 heteroatoms. The van der Waals surface area contributed by atoms with Crippen LogP contribution in [0, 0.1) is 0 Å². The Balaban J connectivity index is 0.00000144. The third kappa shape index (κ3) is 3.57. The molecular weight excluding hydrogens is 238 g/mol. The van der Waals surface area contributed by atoms with E-state index in [2.05, 4.69) is 17.3 Å². The van der Waals surface area contributed by atoms with Gasteiger partial charge in [0.15, 0.2) is 0 Å². The molecule has 0 unspecified atom stereocenters. The monoisotopic (exact) mass is 261 g/mol. The van der Waals surface area contributed by atoms with Gasteiger partial charge in [-0.05, 0) is 52.4 Å². The average molecular weight is 262 g/mol. The van der Waals surface area contributed by atoms with Crippen LogP contribution in [0.4, 0.5) is 0 Å². The molecule has 0 radical (unpaired) electrons. The van der Waals surface area contributed by atoms with E-state index in [4.69, 9.17) is 0 Å². The summed E-state index contributed by atoms with van der Waals surface area (Å²) in [6.45, 7) is 3.22. The lowest BCUT2D eigenvalue weighted by Crippen LogP contribution is -2.49. The molecule has 1 N–H and O–H groups in total. The van der Waals surface area contributed by atoms with Gasteiger partial charge < -0.3 is 15.1 Å².